The van der Waals surface area contributed by atoms with Crippen molar-refractivity contribution in [2.24, 2.45) is 0 Å². The van der Waals surface area contributed by atoms with Crippen molar-refractivity contribution in [3.8, 4) is 67.0 Å². The van der Waals surface area contributed by atoms with Gasteiger partial charge in [-0.15, -0.1) is 0 Å². The zero-order chi connectivity index (χ0) is 46.3. The molecule has 0 N–H and O–H groups in total. The molecule has 0 amide bonds. The standard InChI is InChI=1S/C67H48N2/c1-3-5-19-46(4-2)52-30-34-64-60(42-52)62-44-54(32-36-65(62)68(64)58-29-18-28-51(39-58)47-20-10-6-11-21-47)55-33-37-67-63(45-55)61-43-53(48-22-12-7-13-23-48)31-35-66(61)69(67)59-40-56(49-24-14-8-15-25-49)38-57(41-59)50-26-16-9-17-27-50/h3-45H,1H2,2H3/b19-5-,46-4+. The van der Waals surface area contributed by atoms with Gasteiger partial charge in [0.25, 0.3) is 0 Å². The molecule has 0 atom stereocenters. The molecule has 0 fully saturated rings. The Morgan fingerprint density at radius 3 is 1.17 bits per heavy atom. The molecule has 0 aliphatic carbocycles. The molecule has 12 aromatic rings. The molecule has 0 aliphatic rings. The summed E-state index contributed by atoms with van der Waals surface area (Å²) in [5, 5.41) is 4.84. The van der Waals surface area contributed by atoms with Crippen LogP contribution in [0, 0.1) is 0 Å². The number of aromatic nitrogens is 2. The molecule has 326 valence electrons. The van der Waals surface area contributed by atoms with E-state index in [9.17, 15) is 0 Å². The molecule has 2 nitrogen and oxygen atoms in total. The molecule has 0 aliphatic heterocycles. The van der Waals surface area contributed by atoms with Gasteiger partial charge in [-0.1, -0.05) is 189 Å². The summed E-state index contributed by atoms with van der Waals surface area (Å²) < 4.78 is 4.89. The van der Waals surface area contributed by atoms with E-state index < -0.39 is 0 Å². The van der Waals surface area contributed by atoms with Crippen LogP contribution >= 0.6 is 0 Å². The van der Waals surface area contributed by atoms with Crippen LogP contribution in [0.5, 0.6) is 0 Å². The van der Waals surface area contributed by atoms with E-state index >= 15 is 0 Å². The first-order valence-corrected chi connectivity index (χ1v) is 23.7. The highest BCUT2D eigenvalue weighted by atomic mass is 15.0. The fourth-order valence-electron chi connectivity index (χ4n) is 10.3. The van der Waals surface area contributed by atoms with Crippen LogP contribution in [0.2, 0.25) is 0 Å². The van der Waals surface area contributed by atoms with Crippen LogP contribution in [0.1, 0.15) is 12.5 Å². The minimum absolute atomic E-state index is 1.13. The van der Waals surface area contributed by atoms with E-state index in [1.54, 1.807) is 0 Å². The van der Waals surface area contributed by atoms with E-state index in [-0.39, 0.29) is 0 Å². The van der Waals surface area contributed by atoms with E-state index in [0.717, 1.165) is 28.0 Å². The monoisotopic (exact) mass is 880 g/mol. The Balaban J connectivity index is 1.08. The molecular formula is C67H48N2. The van der Waals surface area contributed by atoms with Gasteiger partial charge >= 0.3 is 0 Å². The van der Waals surface area contributed by atoms with Gasteiger partial charge < -0.3 is 9.13 Å². The van der Waals surface area contributed by atoms with E-state index in [1.807, 2.05) is 12.2 Å². The molecule has 12 rings (SSSR count). The number of benzene rings is 10. The molecule has 0 unspecified atom stereocenters. The predicted octanol–water partition coefficient (Wildman–Crippen LogP) is 18.4. The molecule has 2 heteroatoms. The molecule has 2 heterocycles. The van der Waals surface area contributed by atoms with Crippen molar-refractivity contribution in [1.82, 2.24) is 9.13 Å². The molecule has 0 radical (unpaired) electrons. The van der Waals surface area contributed by atoms with Crippen molar-refractivity contribution in [1.29, 1.82) is 0 Å². The first-order valence-electron chi connectivity index (χ1n) is 23.7. The van der Waals surface area contributed by atoms with Gasteiger partial charge in [-0.25, -0.2) is 0 Å². The van der Waals surface area contributed by atoms with Crippen LogP contribution < -0.4 is 0 Å². The van der Waals surface area contributed by atoms with E-state index in [0.29, 0.717) is 0 Å². The van der Waals surface area contributed by atoms with E-state index in [1.165, 1.54) is 93.8 Å². The van der Waals surface area contributed by atoms with Crippen LogP contribution in [0.25, 0.3) is 116 Å². The summed E-state index contributed by atoms with van der Waals surface area (Å²) in [5.74, 6) is 0. The van der Waals surface area contributed by atoms with Crippen molar-refractivity contribution in [2.45, 2.75) is 6.92 Å². The quantitative estimate of drug-likeness (QED) is 0.121. The van der Waals surface area contributed by atoms with Crippen molar-refractivity contribution >= 4 is 49.2 Å². The Kier molecular flexibility index (Phi) is 10.6. The molecule has 10 aromatic carbocycles. The number of rotatable bonds is 10. The third-order valence-corrected chi connectivity index (χ3v) is 13.6. The van der Waals surface area contributed by atoms with Crippen LogP contribution in [0.3, 0.4) is 0 Å². The summed E-state index contributed by atoms with van der Waals surface area (Å²) in [4.78, 5) is 0. The molecule has 69 heavy (non-hydrogen) atoms. The van der Waals surface area contributed by atoms with Gasteiger partial charge in [-0.2, -0.15) is 0 Å². The van der Waals surface area contributed by atoms with Crippen LogP contribution in [0.4, 0.5) is 0 Å². The van der Waals surface area contributed by atoms with Gasteiger partial charge in [0.15, 0.2) is 0 Å². The lowest BCUT2D eigenvalue weighted by Crippen LogP contribution is -1.96. The lowest BCUT2D eigenvalue weighted by molar-refractivity contribution is 1.18. The number of hydrogen-bond acceptors (Lipinski definition) is 0. The second kappa shape index (κ2) is 17.7. The normalized spacial score (nSPS) is 11.9. The molecule has 2 aromatic heterocycles. The maximum Gasteiger partial charge on any atom is 0.0541 e. The third kappa shape index (κ3) is 7.59. The van der Waals surface area contributed by atoms with Gasteiger partial charge in [0.1, 0.15) is 0 Å². The Morgan fingerprint density at radius 2 is 0.710 bits per heavy atom. The highest BCUT2D eigenvalue weighted by molar-refractivity contribution is 6.14. The Labute approximate surface area is 403 Å². The fraction of sp³-hybridized carbons (Fsp3) is 0.0149. The number of hydrogen-bond donors (Lipinski definition) is 0. The largest absolute Gasteiger partial charge is 0.309 e. The number of nitrogens with zero attached hydrogens (tertiary/aromatic N) is 2. The van der Waals surface area contributed by atoms with Gasteiger partial charge in [-0.3, -0.25) is 0 Å². The molecular weight excluding hydrogens is 833 g/mol. The topological polar surface area (TPSA) is 9.86 Å². The fourth-order valence-corrected chi connectivity index (χ4v) is 10.3. The van der Waals surface area contributed by atoms with Crippen molar-refractivity contribution in [3.63, 3.8) is 0 Å². The average Bonchev–Trinajstić information content (AvgIpc) is 3.93. The Morgan fingerprint density at radius 1 is 0.333 bits per heavy atom. The van der Waals surface area contributed by atoms with Crippen LogP contribution in [-0.2, 0) is 0 Å². The summed E-state index contributed by atoms with van der Waals surface area (Å²) in [5.41, 5.74) is 21.1. The first-order chi connectivity index (χ1) is 34.1. The summed E-state index contributed by atoms with van der Waals surface area (Å²) in [6.45, 7) is 6.04. The molecule has 0 saturated carbocycles. The van der Waals surface area contributed by atoms with Crippen molar-refractivity contribution in [2.75, 3.05) is 0 Å². The van der Waals surface area contributed by atoms with Crippen LogP contribution in [0.15, 0.2) is 267 Å². The van der Waals surface area contributed by atoms with Gasteiger partial charge in [0.2, 0.25) is 0 Å². The zero-order valence-corrected chi connectivity index (χ0v) is 38.4. The number of allylic oxidation sites excluding steroid dienone is 5. The average molecular weight is 881 g/mol. The third-order valence-electron chi connectivity index (χ3n) is 13.6. The molecule has 0 bridgehead atoms. The van der Waals surface area contributed by atoms with Gasteiger partial charge in [0, 0.05) is 32.9 Å². The minimum atomic E-state index is 1.13. The highest BCUT2D eigenvalue weighted by Gasteiger charge is 2.19. The lowest BCUT2D eigenvalue weighted by Gasteiger charge is -2.14. The summed E-state index contributed by atoms with van der Waals surface area (Å²) in [6, 6.07) is 86.7. The predicted molar refractivity (Wildman–Crippen MR) is 295 cm³/mol. The summed E-state index contributed by atoms with van der Waals surface area (Å²) in [6.07, 6.45) is 8.15. The Hall–Kier alpha value is -8.98. The lowest BCUT2D eigenvalue weighted by atomic mass is 9.98. The van der Waals surface area contributed by atoms with Crippen LogP contribution in [-0.4, -0.2) is 9.13 Å². The molecule has 0 spiro atoms. The van der Waals surface area contributed by atoms with Crippen molar-refractivity contribution in [3.05, 3.63) is 273 Å². The summed E-state index contributed by atoms with van der Waals surface area (Å²) in [7, 11) is 0. The maximum atomic E-state index is 3.94. The Bertz CT molecular complexity index is 3880. The zero-order valence-electron chi connectivity index (χ0n) is 38.4. The smallest absolute Gasteiger partial charge is 0.0541 e. The SMILES string of the molecule is C=C/C=C\C(=C/C)c1ccc2c(c1)c1cc(-c3ccc4c(c3)c3cc(-c5ccccc5)ccc3n4-c3cc(-c4ccccc4)cc(-c4ccccc4)c3)ccc1n2-c1cccc(-c2ccccc2)c1. The van der Waals surface area contributed by atoms with Gasteiger partial charge in [0.05, 0.1) is 22.1 Å². The van der Waals surface area contributed by atoms with E-state index in [2.05, 4.69) is 271 Å². The van der Waals surface area contributed by atoms with Gasteiger partial charge in [-0.05, 0) is 153 Å². The first kappa shape index (κ1) is 41.5. The van der Waals surface area contributed by atoms with Crippen molar-refractivity contribution < 1.29 is 0 Å². The summed E-state index contributed by atoms with van der Waals surface area (Å²) >= 11 is 0. The highest BCUT2D eigenvalue weighted by Crippen LogP contribution is 2.42. The number of fused-ring (bicyclic) bond motifs is 6. The molecule has 0 saturated heterocycles. The maximum absolute atomic E-state index is 3.94. The van der Waals surface area contributed by atoms with E-state index in [4.69, 9.17) is 0 Å². The minimum Gasteiger partial charge on any atom is -0.309 e. The second-order valence-corrected chi connectivity index (χ2v) is 17.7. The second-order valence-electron chi connectivity index (χ2n) is 17.7.